The molecule has 4 aromatic rings. The minimum absolute atomic E-state index is 0.00325. The summed E-state index contributed by atoms with van der Waals surface area (Å²) in [5.74, 6) is 1.12. The van der Waals surface area contributed by atoms with E-state index >= 15 is 0 Å². The van der Waals surface area contributed by atoms with Crippen LogP contribution in [0.3, 0.4) is 0 Å². The summed E-state index contributed by atoms with van der Waals surface area (Å²) in [5, 5.41) is 11.6. The number of hydrogen-bond acceptors (Lipinski definition) is 7. The molecular formula is C29H32Cl2N8O2. The molecule has 10 nitrogen and oxygen atoms in total. The van der Waals surface area contributed by atoms with E-state index in [1.54, 1.807) is 18.2 Å². The number of carbonyl (C=O) groups excluding carboxylic acids is 2. The summed E-state index contributed by atoms with van der Waals surface area (Å²) < 4.78 is 0. The van der Waals surface area contributed by atoms with Crippen molar-refractivity contribution in [1.29, 1.82) is 0 Å². The zero-order valence-electron chi connectivity index (χ0n) is 22.6. The predicted octanol–water partition coefficient (Wildman–Crippen LogP) is 4.85. The van der Waals surface area contributed by atoms with E-state index in [2.05, 4.69) is 30.9 Å². The highest BCUT2D eigenvalue weighted by Gasteiger charge is 2.24. The van der Waals surface area contributed by atoms with Gasteiger partial charge in [0.2, 0.25) is 5.91 Å². The highest BCUT2D eigenvalue weighted by Crippen LogP contribution is 2.32. The van der Waals surface area contributed by atoms with Gasteiger partial charge in [0, 0.05) is 36.0 Å². The van der Waals surface area contributed by atoms with Crippen LogP contribution in [0.4, 0.5) is 5.82 Å². The Labute approximate surface area is 247 Å². The molecule has 2 aromatic heterocycles. The van der Waals surface area contributed by atoms with E-state index in [0.29, 0.717) is 51.0 Å². The third-order valence-electron chi connectivity index (χ3n) is 7.82. The molecule has 12 heteroatoms. The minimum Gasteiger partial charge on any atom is -0.359 e. The monoisotopic (exact) mass is 594 g/mol. The van der Waals surface area contributed by atoms with Gasteiger partial charge in [-0.05, 0) is 75.5 Å². The molecule has 2 aromatic carbocycles. The maximum atomic E-state index is 13.1. The van der Waals surface area contributed by atoms with E-state index in [1.165, 1.54) is 6.33 Å². The smallest absolute Gasteiger partial charge is 0.255 e. The molecule has 2 aliphatic heterocycles. The summed E-state index contributed by atoms with van der Waals surface area (Å²) in [6, 6.07) is 8.77. The number of benzene rings is 2. The summed E-state index contributed by atoms with van der Waals surface area (Å²) in [6.45, 7) is 3.29. The Morgan fingerprint density at radius 2 is 1.85 bits per heavy atom. The van der Waals surface area contributed by atoms with E-state index in [0.717, 1.165) is 62.9 Å². The van der Waals surface area contributed by atoms with E-state index in [4.69, 9.17) is 28.2 Å². The zero-order valence-corrected chi connectivity index (χ0v) is 24.1. The van der Waals surface area contributed by atoms with Crippen LogP contribution < -0.4 is 16.0 Å². The number of carbonyl (C=O) groups is 2. The number of H-pyrrole nitrogens is 1. The zero-order chi connectivity index (χ0) is 28.3. The van der Waals surface area contributed by atoms with Crippen molar-refractivity contribution in [1.82, 2.24) is 35.5 Å². The van der Waals surface area contributed by atoms with Crippen LogP contribution in [0.15, 0.2) is 36.7 Å². The van der Waals surface area contributed by atoms with Crippen molar-refractivity contribution in [2.45, 2.75) is 50.6 Å². The first-order valence-corrected chi connectivity index (χ1v) is 14.9. The predicted molar refractivity (Wildman–Crippen MR) is 160 cm³/mol. The van der Waals surface area contributed by atoms with Crippen molar-refractivity contribution in [3.63, 3.8) is 0 Å². The number of piperidine rings is 1. The average Bonchev–Trinajstić information content (AvgIpc) is 3.66. The molecule has 0 aliphatic carbocycles. The lowest BCUT2D eigenvalue weighted by molar-refractivity contribution is -0.122. The van der Waals surface area contributed by atoms with Gasteiger partial charge in [-0.2, -0.15) is 0 Å². The van der Waals surface area contributed by atoms with Crippen LogP contribution >= 0.6 is 23.2 Å². The molecule has 0 saturated carbocycles. The maximum Gasteiger partial charge on any atom is 0.255 e. The first-order chi connectivity index (χ1) is 19.9. The summed E-state index contributed by atoms with van der Waals surface area (Å²) >= 11 is 12.9. The van der Waals surface area contributed by atoms with Gasteiger partial charge in [-0.1, -0.05) is 23.2 Å². The second-order valence-corrected chi connectivity index (χ2v) is 11.5. The molecular weight excluding hydrogens is 563 g/mol. The van der Waals surface area contributed by atoms with Gasteiger partial charge in [-0.15, -0.1) is 0 Å². The van der Waals surface area contributed by atoms with Crippen molar-refractivity contribution >= 4 is 62.8 Å². The number of anilines is 1. The standard InChI is InChI=1S/C29H32Cl2N8O2/c30-17-3-4-22-25(13-17)38-28(36-22)23(5-6-26(40)35-18-7-9-32-10-8-18)37-27-20-14-21(31)19(15-24(20)33-16-34-27)29(41)39-11-1-2-12-39/h3-4,13-16,18,23,32H,1-2,5-12H2,(H,35,40)(H,36,38)(H,33,34,37). The Balaban J connectivity index is 1.28. The number of nitrogens with one attached hydrogen (secondary N) is 4. The number of hydrogen-bond donors (Lipinski definition) is 4. The molecule has 0 bridgehead atoms. The molecule has 2 fully saturated rings. The number of amides is 2. The van der Waals surface area contributed by atoms with Gasteiger partial charge in [0.1, 0.15) is 18.0 Å². The fourth-order valence-electron chi connectivity index (χ4n) is 5.60. The Hall–Kier alpha value is -3.47. The van der Waals surface area contributed by atoms with Crippen molar-refractivity contribution in [2.24, 2.45) is 0 Å². The van der Waals surface area contributed by atoms with Gasteiger partial charge in [0.05, 0.1) is 33.2 Å². The number of rotatable bonds is 8. The van der Waals surface area contributed by atoms with Crippen molar-refractivity contribution in [3.05, 3.63) is 58.1 Å². The van der Waals surface area contributed by atoms with Crippen LogP contribution in [0.1, 0.15) is 60.7 Å². The van der Waals surface area contributed by atoms with Crippen molar-refractivity contribution < 1.29 is 9.59 Å². The minimum atomic E-state index is -0.372. The van der Waals surface area contributed by atoms with Gasteiger partial charge in [0.25, 0.3) is 5.91 Å². The Morgan fingerprint density at radius 3 is 2.66 bits per heavy atom. The molecule has 0 radical (unpaired) electrons. The molecule has 0 spiro atoms. The second-order valence-electron chi connectivity index (χ2n) is 10.7. The largest absolute Gasteiger partial charge is 0.359 e. The molecule has 41 heavy (non-hydrogen) atoms. The highest BCUT2D eigenvalue weighted by molar-refractivity contribution is 6.35. The third-order valence-corrected chi connectivity index (χ3v) is 8.36. The quantitative estimate of drug-likeness (QED) is 0.229. The second kappa shape index (κ2) is 12.2. The van der Waals surface area contributed by atoms with Crippen LogP contribution in [-0.4, -0.2) is 68.9 Å². The average molecular weight is 596 g/mol. The van der Waals surface area contributed by atoms with E-state index in [9.17, 15) is 9.59 Å². The maximum absolute atomic E-state index is 13.1. The molecule has 4 heterocycles. The van der Waals surface area contributed by atoms with Gasteiger partial charge in [0.15, 0.2) is 0 Å². The van der Waals surface area contributed by atoms with Crippen LogP contribution in [0.25, 0.3) is 21.9 Å². The number of imidazole rings is 1. The van der Waals surface area contributed by atoms with Crippen LogP contribution in [0.5, 0.6) is 0 Å². The Morgan fingerprint density at radius 1 is 1.05 bits per heavy atom. The number of likely N-dealkylation sites (tertiary alicyclic amines) is 1. The summed E-state index contributed by atoms with van der Waals surface area (Å²) in [7, 11) is 0. The van der Waals surface area contributed by atoms with Gasteiger partial charge in [-0.25, -0.2) is 15.0 Å². The van der Waals surface area contributed by atoms with E-state index < -0.39 is 0 Å². The SMILES string of the molecule is O=C(CCC(Nc1ncnc2cc(C(=O)N3CCCC3)c(Cl)cc12)c1nc2ccc(Cl)cc2[nH]1)NC1CCNCC1. The first kappa shape index (κ1) is 27.7. The van der Waals surface area contributed by atoms with Crippen molar-refractivity contribution in [2.75, 3.05) is 31.5 Å². The lowest BCUT2D eigenvalue weighted by Gasteiger charge is -2.24. The number of aromatic amines is 1. The summed E-state index contributed by atoms with van der Waals surface area (Å²) in [6.07, 6.45) is 6.08. The molecule has 6 rings (SSSR count). The lowest BCUT2D eigenvalue weighted by Crippen LogP contribution is -2.42. The van der Waals surface area contributed by atoms with Crippen LogP contribution in [-0.2, 0) is 4.79 Å². The topological polar surface area (TPSA) is 128 Å². The van der Waals surface area contributed by atoms with E-state index in [1.807, 2.05) is 17.0 Å². The number of aromatic nitrogens is 4. The van der Waals surface area contributed by atoms with Crippen molar-refractivity contribution in [3.8, 4) is 0 Å². The highest BCUT2D eigenvalue weighted by atomic mass is 35.5. The molecule has 2 amide bonds. The number of fused-ring (bicyclic) bond motifs is 2. The van der Waals surface area contributed by atoms with Gasteiger partial charge in [-0.3, -0.25) is 9.59 Å². The van der Waals surface area contributed by atoms with Crippen LogP contribution in [0.2, 0.25) is 10.0 Å². The molecule has 2 aliphatic rings. The molecule has 1 atom stereocenters. The lowest BCUT2D eigenvalue weighted by atomic mass is 10.1. The molecule has 1 unspecified atom stereocenters. The summed E-state index contributed by atoms with van der Waals surface area (Å²) in [4.78, 5) is 44.9. The normalized spacial score (nSPS) is 16.8. The number of nitrogens with zero attached hydrogens (tertiary/aromatic N) is 4. The van der Waals surface area contributed by atoms with Gasteiger partial charge < -0.3 is 25.8 Å². The fraction of sp³-hybridized carbons (Fsp3) is 0.414. The molecule has 4 N–H and O–H groups in total. The molecule has 2 saturated heterocycles. The van der Waals surface area contributed by atoms with E-state index in [-0.39, 0.29) is 23.9 Å². The molecule has 214 valence electrons. The van der Waals surface area contributed by atoms with Gasteiger partial charge >= 0.3 is 0 Å². The third kappa shape index (κ3) is 6.24. The van der Waals surface area contributed by atoms with Crippen LogP contribution in [0, 0.1) is 0 Å². The Kier molecular flexibility index (Phi) is 8.23. The fourth-order valence-corrected chi connectivity index (χ4v) is 6.01. The first-order valence-electron chi connectivity index (χ1n) is 14.1. The number of halogens is 2. The Bertz CT molecular complexity index is 1580. The summed E-state index contributed by atoms with van der Waals surface area (Å²) in [5.41, 5.74) is 2.62.